The average Bonchev–Trinajstić information content (AvgIpc) is 3.20. The molecule has 158 valence electrons. The molecule has 0 radical (unpaired) electrons. The lowest BCUT2D eigenvalue weighted by molar-refractivity contribution is -0.131. The van der Waals surface area contributed by atoms with E-state index in [0.717, 1.165) is 32.8 Å². The Morgan fingerprint density at radius 1 is 1.03 bits per heavy atom. The first-order valence-electron chi connectivity index (χ1n) is 8.85. The van der Waals surface area contributed by atoms with Crippen molar-refractivity contribution in [3.8, 4) is 11.3 Å². The van der Waals surface area contributed by atoms with Gasteiger partial charge in [0.1, 0.15) is 0 Å². The summed E-state index contributed by atoms with van der Waals surface area (Å²) in [6, 6.07) is 14.7. The van der Waals surface area contributed by atoms with Crippen LogP contribution >= 0.6 is 39.0 Å². The lowest BCUT2D eigenvalue weighted by Crippen LogP contribution is -2.13. The molecule has 3 aromatic rings. The fourth-order valence-corrected chi connectivity index (χ4v) is 4.05. The van der Waals surface area contributed by atoms with Gasteiger partial charge in [0.05, 0.1) is 11.4 Å². The van der Waals surface area contributed by atoms with Crippen LogP contribution in [0.15, 0.2) is 75.4 Å². The molecule has 0 spiro atoms. The van der Waals surface area contributed by atoms with E-state index in [1.807, 2.05) is 29.6 Å². The van der Waals surface area contributed by atoms with E-state index in [4.69, 9.17) is 5.11 Å². The van der Waals surface area contributed by atoms with E-state index in [-0.39, 0.29) is 11.7 Å². The van der Waals surface area contributed by atoms with E-state index >= 15 is 0 Å². The van der Waals surface area contributed by atoms with Crippen molar-refractivity contribution in [1.29, 1.82) is 0 Å². The molecule has 0 bridgehead atoms. The number of thiazole rings is 1. The summed E-state index contributed by atoms with van der Waals surface area (Å²) in [6.07, 6.45) is 1.71. The van der Waals surface area contributed by atoms with E-state index in [2.05, 4.69) is 31.5 Å². The van der Waals surface area contributed by atoms with Crippen molar-refractivity contribution in [1.82, 2.24) is 4.98 Å². The van der Waals surface area contributed by atoms with Crippen LogP contribution in [0.2, 0.25) is 0 Å². The third-order valence-corrected chi connectivity index (χ3v) is 6.06. The number of anilines is 2. The van der Waals surface area contributed by atoms with Crippen LogP contribution in [0, 0.1) is 0 Å². The molecule has 3 rings (SSSR count). The van der Waals surface area contributed by atoms with Gasteiger partial charge in [-0.25, -0.2) is 9.78 Å². The van der Waals surface area contributed by atoms with Gasteiger partial charge in [-0.05, 0) is 36.4 Å². The number of carbonyl (C=O) groups excluding carboxylic acids is 2. The summed E-state index contributed by atoms with van der Waals surface area (Å²) >= 11 is 6.11. The quantitative estimate of drug-likeness (QED) is 0.290. The highest BCUT2D eigenvalue weighted by Gasteiger charge is 2.09. The fraction of sp³-hybridized carbons (Fsp3) is 0.0476. The summed E-state index contributed by atoms with van der Waals surface area (Å²) in [5.41, 5.74) is 2.30. The predicted molar refractivity (Wildman–Crippen MR) is 126 cm³/mol. The molecule has 7 nitrogen and oxygen atoms in total. The first kappa shape index (κ1) is 22.7. The van der Waals surface area contributed by atoms with Crippen LogP contribution in [-0.4, -0.2) is 33.6 Å². The summed E-state index contributed by atoms with van der Waals surface area (Å²) in [5.74, 6) is -1.69. The third kappa shape index (κ3) is 7.35. The van der Waals surface area contributed by atoms with Gasteiger partial charge < -0.3 is 15.7 Å². The minimum Gasteiger partial charge on any atom is -0.478 e. The van der Waals surface area contributed by atoms with Gasteiger partial charge in [0.15, 0.2) is 5.13 Å². The lowest BCUT2D eigenvalue weighted by atomic mass is 10.2. The van der Waals surface area contributed by atoms with Gasteiger partial charge in [-0.2, -0.15) is 0 Å². The Bertz CT molecular complexity index is 1110. The molecule has 2 aromatic carbocycles. The molecule has 3 N–H and O–H groups in total. The molecule has 0 fully saturated rings. The smallest absolute Gasteiger partial charge is 0.328 e. The van der Waals surface area contributed by atoms with Gasteiger partial charge in [-0.3, -0.25) is 9.59 Å². The molecule has 0 saturated carbocycles. The number of carboxylic acid groups (broad SMARTS) is 1. The highest BCUT2D eigenvalue weighted by Crippen LogP contribution is 2.26. The number of hydrogen-bond donors (Lipinski definition) is 3. The maximum absolute atomic E-state index is 12.2. The number of carboxylic acids is 1. The number of aliphatic carboxylic acids is 1. The number of halogens is 1. The largest absolute Gasteiger partial charge is 0.478 e. The predicted octanol–water partition coefficient (Wildman–Crippen LogP) is 4.88. The normalized spacial score (nSPS) is 10.7. The van der Waals surface area contributed by atoms with Gasteiger partial charge in [0, 0.05) is 38.2 Å². The van der Waals surface area contributed by atoms with Crippen LogP contribution in [0.1, 0.15) is 0 Å². The fourth-order valence-electron chi connectivity index (χ4n) is 2.35. The lowest BCUT2D eigenvalue weighted by Gasteiger charge is -2.05. The molecule has 2 amide bonds. The molecule has 0 aliphatic rings. The molecule has 0 aliphatic heterocycles. The number of thioether (sulfide) groups is 1. The first-order valence-corrected chi connectivity index (χ1v) is 11.5. The van der Waals surface area contributed by atoms with Crippen LogP contribution in [0.3, 0.4) is 0 Å². The minimum atomic E-state index is -1.19. The number of benzene rings is 2. The van der Waals surface area contributed by atoms with Crippen molar-refractivity contribution < 1.29 is 19.5 Å². The molecule has 0 unspecified atom stereocenters. The molecular weight excluding hydrogens is 502 g/mol. The number of nitrogens with one attached hydrogen (secondary N) is 2. The summed E-state index contributed by atoms with van der Waals surface area (Å²) in [7, 11) is 0. The second-order valence-corrected chi connectivity index (χ2v) is 8.89. The molecule has 10 heteroatoms. The van der Waals surface area contributed by atoms with Gasteiger partial charge in [-0.15, -0.1) is 23.1 Å². The summed E-state index contributed by atoms with van der Waals surface area (Å²) in [5, 5.41) is 16.3. The SMILES string of the molecule is O=C(O)/C=C/C(=O)Nc1ccc(SCC(=O)Nc2nc(-c3ccc(Br)cc3)cs2)cc1. The number of amides is 2. The van der Waals surface area contributed by atoms with Crippen molar-refractivity contribution in [2.75, 3.05) is 16.4 Å². The second-order valence-electron chi connectivity index (χ2n) is 6.07. The third-order valence-electron chi connectivity index (χ3n) is 3.76. The van der Waals surface area contributed by atoms with Crippen molar-refractivity contribution in [2.45, 2.75) is 4.90 Å². The topological polar surface area (TPSA) is 108 Å². The van der Waals surface area contributed by atoms with E-state index < -0.39 is 11.9 Å². The maximum atomic E-state index is 12.2. The van der Waals surface area contributed by atoms with E-state index in [1.54, 1.807) is 24.3 Å². The summed E-state index contributed by atoms with van der Waals surface area (Å²) in [4.78, 5) is 39.5. The summed E-state index contributed by atoms with van der Waals surface area (Å²) < 4.78 is 0.988. The monoisotopic (exact) mass is 517 g/mol. The number of aromatic nitrogens is 1. The Morgan fingerprint density at radius 2 is 1.74 bits per heavy atom. The Kier molecular flexibility index (Phi) is 7.99. The standard InChI is InChI=1S/C21H16BrN3O4S2/c22-14-3-1-13(2-4-14)17-11-31-21(24-17)25-19(27)12-30-16-7-5-15(6-8-16)23-18(26)9-10-20(28)29/h1-11H,12H2,(H,23,26)(H,28,29)(H,24,25,27)/b10-9+. The molecule has 1 aromatic heterocycles. The highest BCUT2D eigenvalue weighted by atomic mass is 79.9. The van der Waals surface area contributed by atoms with Crippen LogP contribution in [0.25, 0.3) is 11.3 Å². The van der Waals surface area contributed by atoms with Crippen molar-refractivity contribution in [3.05, 3.63) is 70.5 Å². The van der Waals surface area contributed by atoms with Crippen molar-refractivity contribution in [3.63, 3.8) is 0 Å². The van der Waals surface area contributed by atoms with Gasteiger partial charge in [0.2, 0.25) is 11.8 Å². The molecule has 31 heavy (non-hydrogen) atoms. The molecular formula is C21H16BrN3O4S2. The number of rotatable bonds is 8. The molecule has 0 saturated heterocycles. The zero-order valence-corrected chi connectivity index (χ0v) is 19.1. The Hall–Kier alpha value is -2.95. The van der Waals surface area contributed by atoms with Crippen molar-refractivity contribution >= 4 is 67.6 Å². The van der Waals surface area contributed by atoms with Gasteiger partial charge >= 0.3 is 5.97 Å². The van der Waals surface area contributed by atoms with Crippen LogP contribution in [-0.2, 0) is 14.4 Å². The van der Waals surface area contributed by atoms with E-state index in [0.29, 0.717) is 10.8 Å². The minimum absolute atomic E-state index is 0.169. The first-order chi connectivity index (χ1) is 14.9. The average molecular weight is 518 g/mol. The van der Waals surface area contributed by atoms with Crippen LogP contribution in [0.4, 0.5) is 10.8 Å². The molecule has 1 heterocycles. The van der Waals surface area contributed by atoms with Crippen LogP contribution < -0.4 is 10.6 Å². The number of hydrogen-bond acceptors (Lipinski definition) is 6. The molecule has 0 aliphatic carbocycles. The zero-order chi connectivity index (χ0) is 22.2. The molecule has 0 atom stereocenters. The Balaban J connectivity index is 1.48. The van der Waals surface area contributed by atoms with Gasteiger partial charge in [-0.1, -0.05) is 28.1 Å². The zero-order valence-electron chi connectivity index (χ0n) is 15.9. The second kappa shape index (κ2) is 10.9. The van der Waals surface area contributed by atoms with Crippen LogP contribution in [0.5, 0.6) is 0 Å². The summed E-state index contributed by atoms with van der Waals surface area (Å²) in [6.45, 7) is 0. The van der Waals surface area contributed by atoms with E-state index in [9.17, 15) is 14.4 Å². The van der Waals surface area contributed by atoms with Gasteiger partial charge in [0.25, 0.3) is 0 Å². The Morgan fingerprint density at radius 3 is 2.42 bits per heavy atom. The number of nitrogens with zero attached hydrogens (tertiary/aromatic N) is 1. The highest BCUT2D eigenvalue weighted by molar-refractivity contribution is 9.10. The number of carbonyl (C=O) groups is 3. The Labute approximate surface area is 194 Å². The maximum Gasteiger partial charge on any atom is 0.328 e. The van der Waals surface area contributed by atoms with Crippen molar-refractivity contribution in [2.24, 2.45) is 0 Å². The van der Waals surface area contributed by atoms with E-state index in [1.165, 1.54) is 23.1 Å².